The molecule has 1 saturated heterocycles. The molecule has 0 spiro atoms. The van der Waals surface area contributed by atoms with E-state index in [1.54, 1.807) is 19.1 Å². The van der Waals surface area contributed by atoms with Crippen LogP contribution in [0.3, 0.4) is 0 Å². The number of benzene rings is 1. The minimum absolute atomic E-state index is 0.130. The van der Waals surface area contributed by atoms with Crippen molar-refractivity contribution < 1.29 is 14.7 Å². The van der Waals surface area contributed by atoms with E-state index in [1.165, 1.54) is 0 Å². The van der Waals surface area contributed by atoms with E-state index in [0.29, 0.717) is 5.56 Å². The summed E-state index contributed by atoms with van der Waals surface area (Å²) in [7, 11) is 0. The summed E-state index contributed by atoms with van der Waals surface area (Å²) < 4.78 is 0. The number of carboxylic acids is 1. The number of aromatic carboxylic acids is 1. The summed E-state index contributed by atoms with van der Waals surface area (Å²) in [4.78, 5) is 26.1. The van der Waals surface area contributed by atoms with E-state index in [-0.39, 0.29) is 5.91 Å². The quantitative estimate of drug-likeness (QED) is 0.884. The number of carbonyl (C=O) groups is 2. The summed E-state index contributed by atoms with van der Waals surface area (Å²) in [5.41, 5.74) is 1.41. The molecule has 2 rings (SSSR count). The molecule has 1 amide bonds. The fourth-order valence-corrected chi connectivity index (χ4v) is 2.23. The van der Waals surface area contributed by atoms with Crippen molar-refractivity contribution in [2.75, 3.05) is 26.2 Å². The summed E-state index contributed by atoms with van der Waals surface area (Å²) >= 11 is 0. The highest BCUT2D eigenvalue weighted by molar-refractivity contribution is 5.87. The third-order valence-corrected chi connectivity index (χ3v) is 3.42. The zero-order valence-electron chi connectivity index (χ0n) is 11.0. The lowest BCUT2D eigenvalue weighted by Crippen LogP contribution is -2.47. The molecule has 5 nitrogen and oxygen atoms in total. The second-order valence-corrected chi connectivity index (χ2v) is 4.78. The van der Waals surface area contributed by atoms with Gasteiger partial charge in [-0.25, -0.2) is 4.79 Å². The van der Waals surface area contributed by atoms with Gasteiger partial charge in [0.15, 0.2) is 0 Å². The molecule has 0 unspecified atom stereocenters. The fourth-order valence-electron chi connectivity index (χ4n) is 2.23. The van der Waals surface area contributed by atoms with Crippen molar-refractivity contribution in [2.24, 2.45) is 0 Å². The number of hydrogen-bond acceptors (Lipinski definition) is 3. The summed E-state index contributed by atoms with van der Waals surface area (Å²) in [6, 6.07) is 6.95. The van der Waals surface area contributed by atoms with Gasteiger partial charge in [-0.05, 0) is 17.7 Å². The average Bonchev–Trinajstić information content (AvgIpc) is 2.40. The maximum absolute atomic E-state index is 11.2. The molecule has 1 heterocycles. The Morgan fingerprint density at radius 2 is 1.68 bits per heavy atom. The van der Waals surface area contributed by atoms with Crippen molar-refractivity contribution in [2.45, 2.75) is 13.5 Å². The molecule has 1 aromatic rings. The maximum atomic E-state index is 11.2. The van der Waals surface area contributed by atoms with Gasteiger partial charge < -0.3 is 10.0 Å². The third kappa shape index (κ3) is 3.54. The summed E-state index contributed by atoms with van der Waals surface area (Å²) in [5.74, 6) is -0.771. The highest BCUT2D eigenvalue weighted by Crippen LogP contribution is 2.10. The van der Waals surface area contributed by atoms with Crippen molar-refractivity contribution in [1.82, 2.24) is 9.80 Å². The van der Waals surface area contributed by atoms with E-state index in [0.717, 1.165) is 38.3 Å². The van der Waals surface area contributed by atoms with Crippen LogP contribution in [0.5, 0.6) is 0 Å². The molecule has 1 aromatic carbocycles. The normalized spacial score (nSPS) is 16.4. The zero-order chi connectivity index (χ0) is 13.8. The lowest BCUT2D eigenvalue weighted by atomic mass is 10.1. The molecule has 0 radical (unpaired) electrons. The Hall–Kier alpha value is -1.88. The van der Waals surface area contributed by atoms with Crippen LogP contribution < -0.4 is 0 Å². The van der Waals surface area contributed by atoms with Gasteiger partial charge in [0.25, 0.3) is 0 Å². The van der Waals surface area contributed by atoms with Crippen LogP contribution in [0.2, 0.25) is 0 Å². The molecule has 1 fully saturated rings. The van der Waals surface area contributed by atoms with Crippen molar-refractivity contribution in [3.63, 3.8) is 0 Å². The van der Waals surface area contributed by atoms with Gasteiger partial charge in [0.2, 0.25) is 5.91 Å². The number of piperazine rings is 1. The lowest BCUT2D eigenvalue weighted by molar-refractivity contribution is -0.130. The van der Waals surface area contributed by atoms with Crippen molar-refractivity contribution >= 4 is 11.9 Å². The van der Waals surface area contributed by atoms with Crippen molar-refractivity contribution in [1.29, 1.82) is 0 Å². The smallest absolute Gasteiger partial charge is 0.335 e. The number of rotatable bonds is 3. The zero-order valence-corrected chi connectivity index (χ0v) is 11.0. The number of carbonyl (C=O) groups excluding carboxylic acids is 1. The Kier molecular flexibility index (Phi) is 4.16. The first-order valence-corrected chi connectivity index (χ1v) is 6.36. The minimum Gasteiger partial charge on any atom is -0.478 e. The van der Waals surface area contributed by atoms with Crippen LogP contribution in [-0.2, 0) is 11.3 Å². The van der Waals surface area contributed by atoms with Crippen LogP contribution in [0.1, 0.15) is 22.8 Å². The van der Waals surface area contributed by atoms with Gasteiger partial charge in [0, 0.05) is 39.6 Å². The largest absolute Gasteiger partial charge is 0.478 e. The predicted molar refractivity (Wildman–Crippen MR) is 70.9 cm³/mol. The fraction of sp³-hybridized carbons (Fsp3) is 0.429. The highest BCUT2D eigenvalue weighted by atomic mass is 16.4. The van der Waals surface area contributed by atoms with Crippen molar-refractivity contribution in [3.8, 4) is 0 Å². The van der Waals surface area contributed by atoms with Gasteiger partial charge in [0.05, 0.1) is 5.56 Å². The van der Waals surface area contributed by atoms with Gasteiger partial charge in [-0.1, -0.05) is 12.1 Å². The summed E-state index contributed by atoms with van der Waals surface area (Å²) in [6.07, 6.45) is 0. The van der Waals surface area contributed by atoms with Crippen LogP contribution in [0, 0.1) is 0 Å². The molecule has 19 heavy (non-hydrogen) atoms. The monoisotopic (exact) mass is 262 g/mol. The van der Waals surface area contributed by atoms with Gasteiger partial charge in [-0.15, -0.1) is 0 Å². The minimum atomic E-state index is -0.901. The molecule has 1 aliphatic heterocycles. The van der Waals surface area contributed by atoms with Gasteiger partial charge in [-0.2, -0.15) is 0 Å². The summed E-state index contributed by atoms with van der Waals surface area (Å²) in [6.45, 7) is 5.65. The number of carboxylic acid groups (broad SMARTS) is 1. The molecule has 0 aliphatic carbocycles. The summed E-state index contributed by atoms with van der Waals surface area (Å²) in [5, 5.41) is 8.83. The van der Waals surface area contributed by atoms with E-state index in [1.807, 2.05) is 17.0 Å². The molecule has 1 N–H and O–H groups in total. The van der Waals surface area contributed by atoms with E-state index in [4.69, 9.17) is 5.11 Å². The van der Waals surface area contributed by atoms with Crippen LogP contribution >= 0.6 is 0 Å². The molecular weight excluding hydrogens is 244 g/mol. The van der Waals surface area contributed by atoms with Crippen molar-refractivity contribution in [3.05, 3.63) is 35.4 Å². The lowest BCUT2D eigenvalue weighted by Gasteiger charge is -2.34. The molecule has 5 heteroatoms. The Labute approximate surface area is 112 Å². The molecule has 0 atom stereocenters. The second-order valence-electron chi connectivity index (χ2n) is 4.78. The first kappa shape index (κ1) is 13.5. The van der Waals surface area contributed by atoms with E-state index >= 15 is 0 Å². The predicted octanol–water partition coefficient (Wildman–Crippen LogP) is 1.05. The average molecular weight is 262 g/mol. The van der Waals surface area contributed by atoms with E-state index in [9.17, 15) is 9.59 Å². The highest BCUT2D eigenvalue weighted by Gasteiger charge is 2.18. The van der Waals surface area contributed by atoms with Crippen LogP contribution in [-0.4, -0.2) is 53.0 Å². The number of hydrogen-bond donors (Lipinski definition) is 1. The molecular formula is C14H18N2O3. The van der Waals surface area contributed by atoms with Gasteiger partial charge in [-0.3, -0.25) is 9.69 Å². The molecule has 0 saturated carbocycles. The molecule has 0 bridgehead atoms. The topological polar surface area (TPSA) is 60.9 Å². The third-order valence-electron chi connectivity index (χ3n) is 3.42. The number of amides is 1. The SMILES string of the molecule is CC(=O)N1CCN(Cc2ccc(C(=O)O)cc2)CC1. The Morgan fingerprint density at radius 3 is 2.16 bits per heavy atom. The standard InChI is InChI=1S/C14H18N2O3/c1-11(17)16-8-6-15(7-9-16)10-12-2-4-13(5-3-12)14(18)19/h2-5H,6-10H2,1H3,(H,18,19). The Balaban J connectivity index is 1.88. The van der Waals surface area contributed by atoms with Gasteiger partial charge in [0.1, 0.15) is 0 Å². The Morgan fingerprint density at radius 1 is 1.11 bits per heavy atom. The van der Waals surface area contributed by atoms with E-state index < -0.39 is 5.97 Å². The molecule has 1 aliphatic rings. The maximum Gasteiger partial charge on any atom is 0.335 e. The van der Waals surface area contributed by atoms with Crippen LogP contribution in [0.25, 0.3) is 0 Å². The van der Waals surface area contributed by atoms with Gasteiger partial charge >= 0.3 is 5.97 Å². The van der Waals surface area contributed by atoms with Crippen LogP contribution in [0.15, 0.2) is 24.3 Å². The number of nitrogens with zero attached hydrogens (tertiary/aromatic N) is 2. The molecule has 0 aromatic heterocycles. The van der Waals surface area contributed by atoms with Crippen LogP contribution in [0.4, 0.5) is 0 Å². The Bertz CT molecular complexity index is 462. The van der Waals surface area contributed by atoms with E-state index in [2.05, 4.69) is 4.90 Å². The second kappa shape index (κ2) is 5.84. The molecule has 102 valence electrons. The first-order valence-electron chi connectivity index (χ1n) is 6.36. The first-order chi connectivity index (χ1) is 9.06.